The summed E-state index contributed by atoms with van der Waals surface area (Å²) in [4.78, 5) is 3.83. The fraction of sp³-hybridized carbons (Fsp3) is 0.100. The van der Waals surface area contributed by atoms with Crippen LogP contribution in [0.5, 0.6) is 5.75 Å². The Kier molecular flexibility index (Phi) is 5.31. The molecule has 0 aliphatic heterocycles. The van der Waals surface area contributed by atoms with E-state index in [1.165, 1.54) is 31.6 Å². The molecule has 0 fully saturated rings. The summed E-state index contributed by atoms with van der Waals surface area (Å²) in [6, 6.07) is 12.9. The number of fused-ring (bicyclic) bond motifs is 1. The number of rotatable bonds is 5. The van der Waals surface area contributed by atoms with E-state index >= 15 is 0 Å². The molecule has 3 aromatic carbocycles. The molecule has 0 aliphatic carbocycles. The molecule has 0 radical (unpaired) electrons. The zero-order chi connectivity index (χ0) is 22.2. The van der Waals surface area contributed by atoms with Gasteiger partial charge in [0.1, 0.15) is 12.1 Å². The van der Waals surface area contributed by atoms with Crippen molar-refractivity contribution in [1.29, 1.82) is 0 Å². The van der Waals surface area contributed by atoms with E-state index in [1.54, 1.807) is 24.3 Å². The van der Waals surface area contributed by atoms with E-state index in [1.807, 2.05) is 0 Å². The van der Waals surface area contributed by atoms with Crippen LogP contribution in [0.4, 0.5) is 18.3 Å². The number of alkyl halides is 3. The summed E-state index contributed by atoms with van der Waals surface area (Å²) in [7, 11) is -2.58. The number of hydrogen-bond donors (Lipinski definition) is 1. The van der Waals surface area contributed by atoms with Crippen molar-refractivity contribution in [2.75, 3.05) is 11.8 Å². The lowest BCUT2D eigenvalue weighted by molar-refractivity contribution is -0.137. The van der Waals surface area contributed by atoms with Crippen molar-refractivity contribution in [3.05, 3.63) is 66.5 Å². The zero-order valence-corrected chi connectivity index (χ0v) is 17.5. The van der Waals surface area contributed by atoms with Crippen LogP contribution in [0.15, 0.2) is 65.8 Å². The number of nitrogens with one attached hydrogen (secondary N) is 1. The van der Waals surface area contributed by atoms with E-state index in [0.29, 0.717) is 21.9 Å². The Balaban J connectivity index is 1.79. The van der Waals surface area contributed by atoms with Crippen molar-refractivity contribution in [2.24, 2.45) is 0 Å². The third kappa shape index (κ3) is 4.19. The van der Waals surface area contributed by atoms with E-state index in [0.717, 1.165) is 23.7 Å². The Morgan fingerprint density at radius 1 is 1.03 bits per heavy atom. The Labute approximate surface area is 179 Å². The van der Waals surface area contributed by atoms with Gasteiger partial charge in [-0.15, -0.1) is 0 Å². The minimum Gasteiger partial charge on any atom is -0.496 e. The van der Waals surface area contributed by atoms with Gasteiger partial charge in [-0.1, -0.05) is 30.3 Å². The Morgan fingerprint density at radius 2 is 1.84 bits per heavy atom. The van der Waals surface area contributed by atoms with Gasteiger partial charge in [0, 0.05) is 17.1 Å². The highest BCUT2D eigenvalue weighted by Gasteiger charge is 2.31. The van der Waals surface area contributed by atoms with Crippen molar-refractivity contribution in [3.8, 4) is 16.9 Å². The summed E-state index contributed by atoms with van der Waals surface area (Å²) in [5.74, 6) is 0.0666. The Bertz CT molecular complexity index is 1360. The second-order valence-electron chi connectivity index (χ2n) is 6.45. The smallest absolute Gasteiger partial charge is 0.416 e. The number of methoxy groups -OCH3 is 1. The van der Waals surface area contributed by atoms with E-state index in [-0.39, 0.29) is 15.8 Å². The zero-order valence-electron chi connectivity index (χ0n) is 15.8. The number of sulfonamides is 1. The maximum absolute atomic E-state index is 13.1. The number of anilines is 1. The largest absolute Gasteiger partial charge is 0.496 e. The predicted octanol–water partition coefficient (Wildman–Crippen LogP) is 5.19. The number of ether oxygens (including phenoxy) is 1. The van der Waals surface area contributed by atoms with Crippen LogP contribution in [0.3, 0.4) is 0 Å². The average Bonchev–Trinajstić information content (AvgIpc) is 3.24. The molecule has 160 valence electrons. The maximum Gasteiger partial charge on any atom is 0.416 e. The fourth-order valence-electron chi connectivity index (χ4n) is 3.15. The second kappa shape index (κ2) is 7.82. The van der Waals surface area contributed by atoms with Crippen molar-refractivity contribution in [1.82, 2.24) is 9.36 Å². The molecule has 6 nitrogen and oxygen atoms in total. The van der Waals surface area contributed by atoms with Gasteiger partial charge in [-0.2, -0.15) is 17.5 Å². The SMILES string of the molecule is COc1cc(C(F)(F)F)ccc1-c1cccc2cc(S(=O)(=O)Nc3ncns3)ccc12. The van der Waals surface area contributed by atoms with Crippen molar-refractivity contribution in [2.45, 2.75) is 11.1 Å². The summed E-state index contributed by atoms with van der Waals surface area (Å²) in [5, 5.41) is 1.40. The summed E-state index contributed by atoms with van der Waals surface area (Å²) in [6.45, 7) is 0. The average molecular weight is 465 g/mol. The first-order chi connectivity index (χ1) is 14.7. The van der Waals surface area contributed by atoms with Gasteiger partial charge in [-0.3, -0.25) is 4.72 Å². The molecule has 0 atom stereocenters. The van der Waals surface area contributed by atoms with Crippen LogP contribution >= 0.6 is 11.5 Å². The molecule has 0 saturated heterocycles. The molecule has 1 heterocycles. The van der Waals surface area contributed by atoms with Gasteiger partial charge in [-0.25, -0.2) is 13.4 Å². The molecule has 4 aromatic rings. The van der Waals surface area contributed by atoms with Gasteiger partial charge in [0.25, 0.3) is 10.0 Å². The minimum absolute atomic E-state index is 0.0201. The third-order valence-corrected chi connectivity index (χ3v) is 6.61. The number of hydrogen-bond acceptors (Lipinski definition) is 6. The van der Waals surface area contributed by atoms with Gasteiger partial charge < -0.3 is 4.74 Å². The lowest BCUT2D eigenvalue weighted by Gasteiger charge is -2.15. The van der Waals surface area contributed by atoms with Crippen LogP contribution in [0, 0.1) is 0 Å². The summed E-state index contributed by atoms with van der Waals surface area (Å²) < 4.78 is 75.7. The first-order valence-corrected chi connectivity index (χ1v) is 11.0. The molecule has 31 heavy (non-hydrogen) atoms. The molecule has 0 amide bonds. The van der Waals surface area contributed by atoms with E-state index in [9.17, 15) is 21.6 Å². The highest BCUT2D eigenvalue weighted by atomic mass is 32.2. The molecule has 11 heteroatoms. The molecular weight excluding hydrogens is 451 g/mol. The van der Waals surface area contributed by atoms with Crippen LogP contribution in [0.25, 0.3) is 21.9 Å². The highest BCUT2D eigenvalue weighted by Crippen LogP contribution is 2.39. The Hall–Kier alpha value is -3.18. The number of benzene rings is 3. The standard InChI is InChI=1S/C20H14F3N3O3S2/c1-29-18-10-13(20(21,22)23)5-7-17(18)16-4-2-3-12-9-14(6-8-15(12)16)31(27,28)26-19-24-11-25-30-19/h2-11H,1H3,(H,24,25,26). The van der Waals surface area contributed by atoms with Gasteiger partial charge >= 0.3 is 6.18 Å². The third-order valence-electron chi connectivity index (χ3n) is 4.56. The van der Waals surface area contributed by atoms with E-state index < -0.39 is 21.8 Å². The first-order valence-electron chi connectivity index (χ1n) is 8.77. The van der Waals surface area contributed by atoms with Crippen molar-refractivity contribution >= 4 is 37.5 Å². The molecule has 1 aromatic heterocycles. The molecule has 1 N–H and O–H groups in total. The van der Waals surface area contributed by atoms with Crippen LogP contribution in [0.2, 0.25) is 0 Å². The molecule has 0 aliphatic rings. The summed E-state index contributed by atoms with van der Waals surface area (Å²) >= 11 is 0.909. The quantitative estimate of drug-likeness (QED) is 0.439. The molecule has 4 rings (SSSR count). The van der Waals surface area contributed by atoms with Crippen LogP contribution in [0.1, 0.15) is 5.56 Å². The molecule has 0 saturated carbocycles. The lowest BCUT2D eigenvalue weighted by atomic mass is 9.96. The maximum atomic E-state index is 13.1. The second-order valence-corrected chi connectivity index (χ2v) is 8.92. The Morgan fingerprint density at radius 3 is 2.52 bits per heavy atom. The first kappa shape index (κ1) is 21.1. The topological polar surface area (TPSA) is 81.2 Å². The van der Waals surface area contributed by atoms with Gasteiger partial charge in [0.2, 0.25) is 5.13 Å². The van der Waals surface area contributed by atoms with Crippen LogP contribution < -0.4 is 9.46 Å². The fourth-order valence-corrected chi connectivity index (χ4v) is 4.84. The van der Waals surface area contributed by atoms with Crippen LogP contribution in [-0.2, 0) is 16.2 Å². The lowest BCUT2D eigenvalue weighted by Crippen LogP contribution is -2.12. The van der Waals surface area contributed by atoms with E-state index in [2.05, 4.69) is 14.1 Å². The summed E-state index contributed by atoms with van der Waals surface area (Å²) in [5.41, 5.74) is 0.261. The van der Waals surface area contributed by atoms with Crippen molar-refractivity contribution < 1.29 is 26.3 Å². The number of aromatic nitrogens is 2. The number of halogens is 3. The molecular formula is C20H14F3N3O3S2. The highest BCUT2D eigenvalue weighted by molar-refractivity contribution is 7.93. The summed E-state index contributed by atoms with van der Waals surface area (Å²) in [6.07, 6.45) is -3.25. The normalized spacial score (nSPS) is 12.1. The van der Waals surface area contributed by atoms with E-state index in [4.69, 9.17) is 4.74 Å². The van der Waals surface area contributed by atoms with Gasteiger partial charge in [0.15, 0.2) is 0 Å². The minimum atomic E-state index is -4.49. The molecule has 0 unspecified atom stereocenters. The molecule has 0 spiro atoms. The van der Waals surface area contributed by atoms with Gasteiger partial charge in [0.05, 0.1) is 17.6 Å². The number of nitrogens with zero attached hydrogens (tertiary/aromatic N) is 2. The predicted molar refractivity (Wildman–Crippen MR) is 112 cm³/mol. The monoisotopic (exact) mass is 465 g/mol. The van der Waals surface area contributed by atoms with Gasteiger partial charge in [-0.05, 0) is 40.6 Å². The van der Waals surface area contributed by atoms with Crippen molar-refractivity contribution in [3.63, 3.8) is 0 Å². The van der Waals surface area contributed by atoms with Crippen LogP contribution in [-0.4, -0.2) is 24.9 Å². The molecule has 0 bridgehead atoms.